The van der Waals surface area contributed by atoms with Crippen LogP contribution >= 0.6 is 11.3 Å². The van der Waals surface area contributed by atoms with Crippen molar-refractivity contribution in [2.45, 2.75) is 13.0 Å². The fourth-order valence-corrected chi connectivity index (χ4v) is 2.93. The number of rotatable bonds is 4. The Morgan fingerprint density at radius 3 is 2.83 bits per heavy atom. The molecule has 3 aromatic rings. The van der Waals surface area contributed by atoms with Gasteiger partial charge in [0.25, 0.3) is 0 Å². The van der Waals surface area contributed by atoms with E-state index in [2.05, 4.69) is 51.9 Å². The third kappa shape index (κ3) is 2.19. The van der Waals surface area contributed by atoms with Gasteiger partial charge in [-0.05, 0) is 58.4 Å². The second-order valence-electron chi connectivity index (χ2n) is 4.51. The highest BCUT2D eigenvalue weighted by Gasteiger charge is 2.03. The maximum atomic E-state index is 5.62. The minimum atomic E-state index is 0.705. The highest BCUT2D eigenvalue weighted by atomic mass is 32.1. The first-order valence-electron chi connectivity index (χ1n) is 6.16. The highest BCUT2D eigenvalue weighted by molar-refractivity contribution is 7.07. The Morgan fingerprint density at radius 1 is 1.11 bits per heavy atom. The van der Waals surface area contributed by atoms with Gasteiger partial charge < -0.3 is 10.3 Å². The van der Waals surface area contributed by atoms with E-state index in [1.165, 1.54) is 22.0 Å². The zero-order valence-electron chi connectivity index (χ0n) is 10.2. The first-order chi connectivity index (χ1) is 8.86. The standard InChI is InChI=1S/C15H16N2S/c16-6-3-12-1-2-14-4-7-17(15(14)9-12)10-13-5-8-18-11-13/h1-2,4-5,7-9,11H,3,6,10,16H2. The van der Waals surface area contributed by atoms with Crippen molar-refractivity contribution < 1.29 is 0 Å². The Hall–Kier alpha value is -1.58. The first-order valence-corrected chi connectivity index (χ1v) is 7.10. The normalized spacial score (nSPS) is 11.2. The minimum Gasteiger partial charge on any atom is -0.343 e. The van der Waals surface area contributed by atoms with Crippen molar-refractivity contribution in [1.29, 1.82) is 0 Å². The van der Waals surface area contributed by atoms with Crippen molar-refractivity contribution in [1.82, 2.24) is 4.57 Å². The summed E-state index contributed by atoms with van der Waals surface area (Å²) in [6.45, 7) is 1.65. The molecule has 0 fully saturated rings. The summed E-state index contributed by atoms with van der Waals surface area (Å²) in [6.07, 6.45) is 3.11. The molecule has 0 saturated heterocycles. The maximum absolute atomic E-state index is 5.62. The molecule has 0 saturated carbocycles. The van der Waals surface area contributed by atoms with Gasteiger partial charge in [0.1, 0.15) is 0 Å². The summed E-state index contributed by atoms with van der Waals surface area (Å²) in [5.41, 5.74) is 9.60. The lowest BCUT2D eigenvalue weighted by Crippen LogP contribution is -2.03. The second kappa shape index (κ2) is 4.96. The average Bonchev–Trinajstić information content (AvgIpc) is 3.01. The molecular weight excluding hydrogens is 240 g/mol. The van der Waals surface area contributed by atoms with Crippen molar-refractivity contribution in [3.05, 3.63) is 58.4 Å². The van der Waals surface area contributed by atoms with Crippen LogP contribution in [0.4, 0.5) is 0 Å². The van der Waals surface area contributed by atoms with Crippen LogP contribution in [0.15, 0.2) is 47.3 Å². The van der Waals surface area contributed by atoms with Gasteiger partial charge in [-0.3, -0.25) is 0 Å². The van der Waals surface area contributed by atoms with E-state index in [0.29, 0.717) is 6.54 Å². The van der Waals surface area contributed by atoms with Gasteiger partial charge in [0.15, 0.2) is 0 Å². The number of benzene rings is 1. The van der Waals surface area contributed by atoms with E-state index in [9.17, 15) is 0 Å². The largest absolute Gasteiger partial charge is 0.343 e. The van der Waals surface area contributed by atoms with Gasteiger partial charge in [-0.1, -0.05) is 12.1 Å². The smallest absolute Gasteiger partial charge is 0.0486 e. The Bertz CT molecular complexity index is 638. The number of aromatic nitrogens is 1. The van der Waals surface area contributed by atoms with E-state index in [1.807, 2.05) is 0 Å². The lowest BCUT2D eigenvalue weighted by molar-refractivity contribution is 0.839. The zero-order valence-corrected chi connectivity index (χ0v) is 11.0. The number of hydrogen-bond acceptors (Lipinski definition) is 2. The second-order valence-corrected chi connectivity index (χ2v) is 5.29. The molecule has 0 aliphatic rings. The van der Waals surface area contributed by atoms with Gasteiger partial charge in [-0.2, -0.15) is 11.3 Å². The fourth-order valence-electron chi connectivity index (χ4n) is 2.27. The number of hydrogen-bond donors (Lipinski definition) is 1. The molecule has 0 bridgehead atoms. The Labute approximate surface area is 111 Å². The van der Waals surface area contributed by atoms with E-state index in [1.54, 1.807) is 11.3 Å². The van der Waals surface area contributed by atoms with E-state index < -0.39 is 0 Å². The zero-order chi connectivity index (χ0) is 12.4. The summed E-state index contributed by atoms with van der Waals surface area (Å²) < 4.78 is 2.30. The fraction of sp³-hybridized carbons (Fsp3) is 0.200. The van der Waals surface area contributed by atoms with E-state index >= 15 is 0 Å². The van der Waals surface area contributed by atoms with Crippen LogP contribution in [0.5, 0.6) is 0 Å². The summed E-state index contributed by atoms with van der Waals surface area (Å²) in [7, 11) is 0. The van der Waals surface area contributed by atoms with Crippen LogP contribution in [0.2, 0.25) is 0 Å². The van der Waals surface area contributed by atoms with Crippen LogP contribution < -0.4 is 5.73 Å². The molecule has 2 N–H and O–H groups in total. The number of thiophene rings is 1. The van der Waals surface area contributed by atoms with Crippen molar-refractivity contribution in [3.8, 4) is 0 Å². The minimum absolute atomic E-state index is 0.705. The summed E-state index contributed by atoms with van der Waals surface area (Å²) >= 11 is 1.75. The van der Waals surface area contributed by atoms with Crippen LogP contribution in [-0.2, 0) is 13.0 Å². The van der Waals surface area contributed by atoms with Gasteiger partial charge >= 0.3 is 0 Å². The molecule has 0 amide bonds. The van der Waals surface area contributed by atoms with Crippen molar-refractivity contribution >= 4 is 22.2 Å². The Balaban J connectivity index is 1.98. The molecule has 0 aliphatic heterocycles. The molecule has 3 heteroatoms. The van der Waals surface area contributed by atoms with Crippen molar-refractivity contribution in [2.75, 3.05) is 6.54 Å². The predicted octanol–water partition coefficient (Wildman–Crippen LogP) is 3.25. The Morgan fingerprint density at radius 2 is 2.06 bits per heavy atom. The van der Waals surface area contributed by atoms with Crippen LogP contribution in [0, 0.1) is 0 Å². The topological polar surface area (TPSA) is 30.9 Å². The molecule has 92 valence electrons. The number of nitrogens with zero attached hydrogens (tertiary/aromatic N) is 1. The first kappa shape index (κ1) is 11.5. The quantitative estimate of drug-likeness (QED) is 0.763. The molecule has 1 aromatic carbocycles. The van der Waals surface area contributed by atoms with Crippen LogP contribution in [0.3, 0.4) is 0 Å². The predicted molar refractivity (Wildman–Crippen MR) is 78.1 cm³/mol. The summed E-state index contributed by atoms with van der Waals surface area (Å²) in [5.74, 6) is 0. The van der Waals surface area contributed by atoms with Crippen LogP contribution in [-0.4, -0.2) is 11.1 Å². The Kier molecular flexibility index (Phi) is 3.17. The average molecular weight is 256 g/mol. The van der Waals surface area contributed by atoms with Crippen molar-refractivity contribution in [2.24, 2.45) is 5.73 Å². The highest BCUT2D eigenvalue weighted by Crippen LogP contribution is 2.20. The SMILES string of the molecule is NCCc1ccc2ccn(Cc3ccsc3)c2c1. The summed E-state index contributed by atoms with van der Waals surface area (Å²) in [6, 6.07) is 11.0. The lowest BCUT2D eigenvalue weighted by atomic mass is 10.1. The van der Waals surface area contributed by atoms with E-state index in [4.69, 9.17) is 5.73 Å². The number of nitrogens with two attached hydrogens (primary N) is 1. The van der Waals surface area contributed by atoms with Gasteiger partial charge in [0.05, 0.1) is 0 Å². The monoisotopic (exact) mass is 256 g/mol. The molecule has 0 aliphatic carbocycles. The summed E-state index contributed by atoms with van der Waals surface area (Å²) in [5, 5.41) is 5.63. The number of fused-ring (bicyclic) bond motifs is 1. The molecule has 0 atom stereocenters. The van der Waals surface area contributed by atoms with Crippen LogP contribution in [0.1, 0.15) is 11.1 Å². The molecular formula is C15H16N2S. The third-order valence-corrected chi connectivity index (χ3v) is 3.94. The van der Waals surface area contributed by atoms with Crippen molar-refractivity contribution in [3.63, 3.8) is 0 Å². The maximum Gasteiger partial charge on any atom is 0.0486 e. The van der Waals surface area contributed by atoms with Crippen LogP contribution in [0.25, 0.3) is 10.9 Å². The molecule has 2 nitrogen and oxygen atoms in total. The van der Waals surface area contributed by atoms with E-state index in [0.717, 1.165) is 13.0 Å². The molecule has 2 heterocycles. The third-order valence-electron chi connectivity index (χ3n) is 3.20. The molecule has 2 aromatic heterocycles. The van der Waals surface area contributed by atoms with Gasteiger partial charge in [0.2, 0.25) is 0 Å². The summed E-state index contributed by atoms with van der Waals surface area (Å²) in [4.78, 5) is 0. The van der Waals surface area contributed by atoms with Gasteiger partial charge in [-0.25, -0.2) is 0 Å². The molecule has 0 radical (unpaired) electrons. The lowest BCUT2D eigenvalue weighted by Gasteiger charge is -2.05. The van der Waals surface area contributed by atoms with Gasteiger partial charge in [0, 0.05) is 18.3 Å². The van der Waals surface area contributed by atoms with Gasteiger partial charge in [-0.15, -0.1) is 0 Å². The van der Waals surface area contributed by atoms with E-state index in [-0.39, 0.29) is 0 Å². The molecule has 0 spiro atoms. The molecule has 0 unspecified atom stereocenters. The molecule has 18 heavy (non-hydrogen) atoms. The molecule has 3 rings (SSSR count).